The first kappa shape index (κ1) is 11.2. The summed E-state index contributed by atoms with van der Waals surface area (Å²) in [4.78, 5) is 0. The summed E-state index contributed by atoms with van der Waals surface area (Å²) in [5.74, 6) is -0.255. The Balaban J connectivity index is 2.04. The van der Waals surface area contributed by atoms with E-state index in [1.165, 1.54) is 24.3 Å². The molecule has 1 heterocycles. The third-order valence-electron chi connectivity index (χ3n) is 2.01. The molecule has 1 aliphatic rings. The van der Waals surface area contributed by atoms with E-state index >= 15 is 0 Å². The first-order valence-electron chi connectivity index (χ1n) is 4.63. The molecule has 0 radical (unpaired) electrons. The van der Waals surface area contributed by atoms with E-state index in [0.717, 1.165) is 0 Å². The van der Waals surface area contributed by atoms with Crippen molar-refractivity contribution in [2.75, 3.05) is 13.2 Å². The largest absolute Gasteiger partial charge is 0.573 e. The van der Waals surface area contributed by atoms with Gasteiger partial charge in [-0.1, -0.05) is 12.1 Å². The van der Waals surface area contributed by atoms with Gasteiger partial charge in [0.15, 0.2) is 6.29 Å². The molecule has 1 aliphatic heterocycles. The molecular weight excluding hydrogens is 225 g/mol. The predicted octanol–water partition coefficient (Wildman–Crippen LogP) is 2.63. The van der Waals surface area contributed by atoms with Crippen molar-refractivity contribution in [2.24, 2.45) is 0 Å². The van der Waals surface area contributed by atoms with Gasteiger partial charge in [-0.05, 0) is 12.1 Å². The summed E-state index contributed by atoms with van der Waals surface area (Å²) in [7, 11) is 0. The van der Waals surface area contributed by atoms with Crippen LogP contribution < -0.4 is 4.74 Å². The zero-order valence-corrected chi connectivity index (χ0v) is 8.16. The lowest BCUT2D eigenvalue weighted by atomic mass is 10.2. The summed E-state index contributed by atoms with van der Waals surface area (Å²) in [6, 6.07) is 5.43. The molecule has 6 heteroatoms. The molecule has 1 aromatic carbocycles. The summed E-state index contributed by atoms with van der Waals surface area (Å²) in [6.07, 6.45) is -5.15. The Morgan fingerprint density at radius 1 is 1.06 bits per heavy atom. The second kappa shape index (κ2) is 4.31. The maximum atomic E-state index is 11.9. The minimum Gasteiger partial charge on any atom is -0.406 e. The van der Waals surface area contributed by atoms with Crippen molar-refractivity contribution in [3.8, 4) is 5.75 Å². The molecule has 0 amide bonds. The van der Waals surface area contributed by atoms with Crippen molar-refractivity contribution < 1.29 is 27.4 Å². The van der Waals surface area contributed by atoms with E-state index in [2.05, 4.69) is 4.74 Å². The standard InChI is InChI=1S/C10H9F3O3/c11-10(12,13)16-8-3-1-7(2-4-8)9-14-5-6-15-9/h1-4,9H,5-6H2. The van der Waals surface area contributed by atoms with Crippen LogP contribution >= 0.6 is 0 Å². The van der Waals surface area contributed by atoms with Gasteiger partial charge in [-0.25, -0.2) is 0 Å². The average Bonchev–Trinajstić information content (AvgIpc) is 2.69. The normalized spacial score (nSPS) is 17.7. The Kier molecular flexibility index (Phi) is 3.02. The molecule has 0 unspecified atom stereocenters. The van der Waals surface area contributed by atoms with E-state index in [4.69, 9.17) is 9.47 Å². The molecule has 1 saturated heterocycles. The quantitative estimate of drug-likeness (QED) is 0.787. The molecule has 0 atom stereocenters. The molecule has 16 heavy (non-hydrogen) atoms. The maximum absolute atomic E-state index is 11.9. The first-order valence-corrected chi connectivity index (χ1v) is 4.63. The second-order valence-corrected chi connectivity index (χ2v) is 3.19. The lowest BCUT2D eigenvalue weighted by Gasteiger charge is -2.11. The number of ether oxygens (including phenoxy) is 3. The molecule has 1 fully saturated rings. The molecule has 0 saturated carbocycles. The fourth-order valence-electron chi connectivity index (χ4n) is 1.38. The van der Waals surface area contributed by atoms with Crippen LogP contribution in [-0.4, -0.2) is 19.6 Å². The van der Waals surface area contributed by atoms with Gasteiger partial charge in [0.1, 0.15) is 5.75 Å². The minimum absolute atomic E-state index is 0.255. The van der Waals surface area contributed by atoms with Gasteiger partial charge in [0.25, 0.3) is 0 Å². The Hall–Kier alpha value is -1.27. The van der Waals surface area contributed by atoms with E-state index < -0.39 is 12.7 Å². The number of alkyl halides is 3. The van der Waals surface area contributed by atoms with Crippen LogP contribution in [0.1, 0.15) is 11.9 Å². The van der Waals surface area contributed by atoms with E-state index in [1.807, 2.05) is 0 Å². The van der Waals surface area contributed by atoms with Crippen LogP contribution in [0, 0.1) is 0 Å². The number of halogens is 3. The van der Waals surface area contributed by atoms with Crippen LogP contribution in [0.5, 0.6) is 5.75 Å². The fourth-order valence-corrected chi connectivity index (χ4v) is 1.38. The maximum Gasteiger partial charge on any atom is 0.573 e. The molecule has 0 spiro atoms. The Bertz CT molecular complexity index is 341. The summed E-state index contributed by atoms with van der Waals surface area (Å²) in [5.41, 5.74) is 0.673. The van der Waals surface area contributed by atoms with E-state index in [1.54, 1.807) is 0 Å². The van der Waals surface area contributed by atoms with Crippen molar-refractivity contribution >= 4 is 0 Å². The van der Waals surface area contributed by atoms with Crippen LogP contribution in [0.15, 0.2) is 24.3 Å². The fraction of sp³-hybridized carbons (Fsp3) is 0.400. The van der Waals surface area contributed by atoms with Gasteiger partial charge in [-0.15, -0.1) is 13.2 Å². The zero-order valence-electron chi connectivity index (χ0n) is 8.16. The highest BCUT2D eigenvalue weighted by Gasteiger charge is 2.31. The molecule has 2 rings (SSSR count). The Morgan fingerprint density at radius 2 is 1.62 bits per heavy atom. The molecule has 0 aromatic heterocycles. The highest BCUT2D eigenvalue weighted by molar-refractivity contribution is 5.28. The second-order valence-electron chi connectivity index (χ2n) is 3.19. The van der Waals surface area contributed by atoms with Gasteiger partial charge in [0.2, 0.25) is 0 Å². The third kappa shape index (κ3) is 2.86. The lowest BCUT2D eigenvalue weighted by molar-refractivity contribution is -0.274. The smallest absolute Gasteiger partial charge is 0.406 e. The number of rotatable bonds is 2. The summed E-state index contributed by atoms with van der Waals surface area (Å²) < 4.78 is 49.7. The van der Waals surface area contributed by atoms with Gasteiger partial charge < -0.3 is 14.2 Å². The lowest BCUT2D eigenvalue weighted by Crippen LogP contribution is -2.17. The van der Waals surface area contributed by atoms with Crippen LogP contribution in [0.25, 0.3) is 0 Å². The Labute approximate surface area is 89.7 Å². The molecule has 0 bridgehead atoms. The van der Waals surface area contributed by atoms with Crippen LogP contribution in [0.2, 0.25) is 0 Å². The van der Waals surface area contributed by atoms with E-state index in [-0.39, 0.29) is 5.75 Å². The summed E-state index contributed by atoms with van der Waals surface area (Å²) >= 11 is 0. The SMILES string of the molecule is FC(F)(F)Oc1ccc(C2OCCO2)cc1. The van der Waals surface area contributed by atoms with E-state index in [9.17, 15) is 13.2 Å². The topological polar surface area (TPSA) is 27.7 Å². The van der Waals surface area contributed by atoms with Crippen molar-refractivity contribution in [2.45, 2.75) is 12.7 Å². The molecule has 1 aromatic rings. The van der Waals surface area contributed by atoms with E-state index in [0.29, 0.717) is 18.8 Å². The molecule has 0 N–H and O–H groups in total. The van der Waals surface area contributed by atoms with Crippen LogP contribution in [0.4, 0.5) is 13.2 Å². The number of hydrogen-bond acceptors (Lipinski definition) is 3. The molecule has 3 nitrogen and oxygen atoms in total. The van der Waals surface area contributed by atoms with Gasteiger partial charge in [0.05, 0.1) is 13.2 Å². The van der Waals surface area contributed by atoms with Crippen molar-refractivity contribution in [3.05, 3.63) is 29.8 Å². The average molecular weight is 234 g/mol. The third-order valence-corrected chi connectivity index (χ3v) is 2.01. The van der Waals surface area contributed by atoms with Gasteiger partial charge in [-0.2, -0.15) is 0 Å². The van der Waals surface area contributed by atoms with Gasteiger partial charge in [-0.3, -0.25) is 0 Å². The van der Waals surface area contributed by atoms with Gasteiger partial charge in [0, 0.05) is 5.56 Å². The predicted molar refractivity (Wildman–Crippen MR) is 47.8 cm³/mol. The van der Waals surface area contributed by atoms with Crippen molar-refractivity contribution in [1.29, 1.82) is 0 Å². The molecular formula is C10H9F3O3. The minimum atomic E-state index is -4.66. The highest BCUT2D eigenvalue weighted by atomic mass is 19.4. The summed E-state index contributed by atoms with van der Waals surface area (Å²) in [5, 5.41) is 0. The highest BCUT2D eigenvalue weighted by Crippen LogP contribution is 2.27. The summed E-state index contributed by atoms with van der Waals surface area (Å²) in [6.45, 7) is 0.983. The first-order chi connectivity index (χ1) is 7.54. The molecule has 0 aliphatic carbocycles. The number of benzene rings is 1. The van der Waals surface area contributed by atoms with Crippen LogP contribution in [-0.2, 0) is 9.47 Å². The van der Waals surface area contributed by atoms with Crippen molar-refractivity contribution in [1.82, 2.24) is 0 Å². The van der Waals surface area contributed by atoms with Crippen LogP contribution in [0.3, 0.4) is 0 Å². The van der Waals surface area contributed by atoms with Crippen molar-refractivity contribution in [3.63, 3.8) is 0 Å². The zero-order chi connectivity index (χ0) is 11.6. The molecule has 88 valence electrons. The monoisotopic (exact) mass is 234 g/mol. The number of hydrogen-bond donors (Lipinski definition) is 0. The Morgan fingerprint density at radius 3 is 2.12 bits per heavy atom. The van der Waals surface area contributed by atoms with Gasteiger partial charge >= 0.3 is 6.36 Å².